The summed E-state index contributed by atoms with van der Waals surface area (Å²) in [6.45, 7) is 0. The molecule has 0 aromatic heterocycles. The van der Waals surface area contributed by atoms with E-state index in [1.807, 2.05) is 0 Å². The summed E-state index contributed by atoms with van der Waals surface area (Å²) in [6, 6.07) is 6.12. The van der Waals surface area contributed by atoms with Gasteiger partial charge < -0.3 is 10.4 Å². The van der Waals surface area contributed by atoms with E-state index in [9.17, 15) is 14.3 Å². The quantitative estimate of drug-likeness (QED) is 0.896. The Balaban J connectivity index is 1.34. The van der Waals surface area contributed by atoms with Crippen LogP contribution in [0.3, 0.4) is 0 Å². The first-order valence-corrected chi connectivity index (χ1v) is 8.84. The van der Waals surface area contributed by atoms with Gasteiger partial charge in [-0.1, -0.05) is 18.6 Å². The van der Waals surface area contributed by atoms with E-state index in [2.05, 4.69) is 5.32 Å². The van der Waals surface area contributed by atoms with Crippen LogP contribution in [0.25, 0.3) is 0 Å². The lowest BCUT2D eigenvalue weighted by molar-refractivity contribution is -0.124. The Morgan fingerprint density at radius 2 is 2.09 bits per heavy atom. The Hall–Kier alpha value is -1.42. The van der Waals surface area contributed by atoms with Crippen molar-refractivity contribution in [2.75, 3.05) is 0 Å². The molecule has 0 saturated heterocycles. The summed E-state index contributed by atoms with van der Waals surface area (Å²) in [4.78, 5) is 12.3. The number of fused-ring (bicyclic) bond motifs is 5. The Labute approximate surface area is 136 Å². The minimum absolute atomic E-state index is 0.00539. The molecule has 23 heavy (non-hydrogen) atoms. The lowest BCUT2D eigenvalue weighted by Crippen LogP contribution is -2.42. The predicted molar refractivity (Wildman–Crippen MR) is 85.0 cm³/mol. The molecule has 4 heteroatoms. The number of halogens is 1. The fraction of sp³-hybridized carbons (Fsp3) is 0.632. The maximum Gasteiger partial charge on any atom is 0.223 e. The molecule has 3 fully saturated rings. The molecule has 3 saturated carbocycles. The van der Waals surface area contributed by atoms with Crippen molar-refractivity contribution < 1.29 is 14.3 Å². The molecule has 0 spiro atoms. The highest BCUT2D eigenvalue weighted by atomic mass is 19.1. The van der Waals surface area contributed by atoms with Crippen LogP contribution >= 0.6 is 0 Å². The van der Waals surface area contributed by atoms with E-state index in [-0.39, 0.29) is 24.2 Å². The molecule has 4 rings (SSSR count). The van der Waals surface area contributed by atoms with Gasteiger partial charge in [0.1, 0.15) is 5.82 Å². The third-order valence-electron chi connectivity index (χ3n) is 6.39. The maximum atomic E-state index is 13.2. The van der Waals surface area contributed by atoms with E-state index in [1.165, 1.54) is 37.8 Å². The Morgan fingerprint density at radius 1 is 1.26 bits per heavy atom. The van der Waals surface area contributed by atoms with Crippen LogP contribution < -0.4 is 5.32 Å². The van der Waals surface area contributed by atoms with Crippen LogP contribution in [0.5, 0.6) is 0 Å². The lowest BCUT2D eigenvalue weighted by Gasteiger charge is -2.32. The molecule has 1 aromatic carbocycles. The highest BCUT2D eigenvalue weighted by molar-refractivity contribution is 5.77. The standard InChI is InChI=1S/C19H24FNO2/c20-13-4-1-3-11(7-13)18(22)10-19(23)21-17-9-12-8-16(17)15-6-2-5-14(12)15/h1,3-4,7,12,14-18,22H,2,5-6,8-10H2,(H,21,23). The third-order valence-corrected chi connectivity index (χ3v) is 6.39. The molecular formula is C19H24FNO2. The highest BCUT2D eigenvalue weighted by Gasteiger charge is 2.53. The molecule has 3 nitrogen and oxygen atoms in total. The first-order chi connectivity index (χ1) is 11.1. The van der Waals surface area contributed by atoms with Gasteiger partial charge in [-0.15, -0.1) is 0 Å². The number of aliphatic hydroxyl groups is 1. The van der Waals surface area contributed by atoms with Gasteiger partial charge in [-0.3, -0.25) is 4.79 Å². The van der Waals surface area contributed by atoms with Crippen molar-refractivity contribution in [1.29, 1.82) is 0 Å². The highest BCUT2D eigenvalue weighted by Crippen LogP contribution is 2.58. The molecule has 1 aromatic rings. The van der Waals surface area contributed by atoms with Crippen LogP contribution in [-0.2, 0) is 4.79 Å². The van der Waals surface area contributed by atoms with Crippen LogP contribution in [0.4, 0.5) is 4.39 Å². The zero-order valence-corrected chi connectivity index (χ0v) is 13.2. The number of hydrogen-bond donors (Lipinski definition) is 2. The van der Waals surface area contributed by atoms with Crippen molar-refractivity contribution in [1.82, 2.24) is 5.32 Å². The molecule has 0 aliphatic heterocycles. The second-order valence-electron chi connectivity index (χ2n) is 7.60. The van der Waals surface area contributed by atoms with Crippen molar-refractivity contribution in [2.45, 2.75) is 50.7 Å². The minimum Gasteiger partial charge on any atom is -0.388 e. The molecule has 0 heterocycles. The van der Waals surface area contributed by atoms with Gasteiger partial charge in [0.2, 0.25) is 5.91 Å². The summed E-state index contributed by atoms with van der Waals surface area (Å²) in [6.07, 6.45) is 5.49. The summed E-state index contributed by atoms with van der Waals surface area (Å²) in [7, 11) is 0. The van der Waals surface area contributed by atoms with Crippen molar-refractivity contribution in [3.05, 3.63) is 35.6 Å². The molecule has 124 valence electrons. The SMILES string of the molecule is O=C(CC(O)c1cccc(F)c1)NC1CC2CC1C1CCCC21. The zero-order chi connectivity index (χ0) is 16.0. The number of amides is 1. The Bertz CT molecular complexity index is 605. The van der Waals surface area contributed by atoms with E-state index >= 15 is 0 Å². The van der Waals surface area contributed by atoms with Gasteiger partial charge in [-0.05, 0) is 67.1 Å². The number of aliphatic hydroxyl groups excluding tert-OH is 1. The number of nitrogens with one attached hydrogen (secondary N) is 1. The lowest BCUT2D eigenvalue weighted by atomic mass is 9.79. The van der Waals surface area contributed by atoms with Gasteiger partial charge in [0, 0.05) is 6.04 Å². The monoisotopic (exact) mass is 317 g/mol. The summed E-state index contributed by atoms with van der Waals surface area (Å²) in [5.41, 5.74) is 0.462. The molecule has 3 aliphatic rings. The average molecular weight is 317 g/mol. The number of carbonyl (C=O) groups excluding carboxylic acids is 1. The van der Waals surface area contributed by atoms with Gasteiger partial charge in [-0.25, -0.2) is 4.39 Å². The molecule has 0 radical (unpaired) electrons. The molecule has 3 aliphatic carbocycles. The summed E-state index contributed by atoms with van der Waals surface area (Å²) >= 11 is 0. The van der Waals surface area contributed by atoms with Crippen LogP contribution in [0, 0.1) is 29.5 Å². The molecule has 1 amide bonds. The van der Waals surface area contributed by atoms with Crippen molar-refractivity contribution in [3.63, 3.8) is 0 Å². The fourth-order valence-electron chi connectivity index (χ4n) is 5.51. The van der Waals surface area contributed by atoms with Crippen LogP contribution in [0.2, 0.25) is 0 Å². The summed E-state index contributed by atoms with van der Waals surface area (Å²) in [5, 5.41) is 13.3. The molecule has 6 unspecified atom stereocenters. The zero-order valence-electron chi connectivity index (χ0n) is 13.2. The average Bonchev–Trinajstić information content (AvgIpc) is 3.19. The fourth-order valence-corrected chi connectivity index (χ4v) is 5.51. The maximum absolute atomic E-state index is 13.2. The summed E-state index contributed by atoms with van der Waals surface area (Å²) in [5.74, 6) is 2.66. The smallest absolute Gasteiger partial charge is 0.223 e. The van der Waals surface area contributed by atoms with Crippen molar-refractivity contribution >= 4 is 5.91 Å². The second-order valence-corrected chi connectivity index (χ2v) is 7.60. The first kappa shape index (κ1) is 15.1. The third kappa shape index (κ3) is 2.78. The van der Waals surface area contributed by atoms with E-state index in [0.717, 1.165) is 24.2 Å². The molecule has 2 N–H and O–H groups in total. The van der Waals surface area contributed by atoms with E-state index < -0.39 is 6.10 Å². The predicted octanol–water partition coefficient (Wildman–Crippen LogP) is 3.19. The van der Waals surface area contributed by atoms with Crippen LogP contribution in [0.1, 0.15) is 50.2 Å². The minimum atomic E-state index is -0.941. The normalized spacial score (nSPS) is 36.0. The second kappa shape index (κ2) is 5.90. The Morgan fingerprint density at radius 3 is 2.91 bits per heavy atom. The molecule has 6 atom stereocenters. The number of rotatable bonds is 4. The van der Waals surface area contributed by atoms with Gasteiger partial charge in [0.25, 0.3) is 0 Å². The Kier molecular flexibility index (Phi) is 3.88. The van der Waals surface area contributed by atoms with E-state index in [1.54, 1.807) is 12.1 Å². The molecule has 2 bridgehead atoms. The largest absolute Gasteiger partial charge is 0.388 e. The van der Waals surface area contributed by atoms with Gasteiger partial charge in [0.15, 0.2) is 0 Å². The van der Waals surface area contributed by atoms with E-state index in [4.69, 9.17) is 0 Å². The van der Waals surface area contributed by atoms with Crippen LogP contribution in [-0.4, -0.2) is 17.1 Å². The summed E-state index contributed by atoms with van der Waals surface area (Å²) < 4.78 is 13.2. The topological polar surface area (TPSA) is 49.3 Å². The van der Waals surface area contributed by atoms with Crippen LogP contribution in [0.15, 0.2) is 24.3 Å². The number of benzene rings is 1. The van der Waals surface area contributed by atoms with Gasteiger partial charge in [-0.2, -0.15) is 0 Å². The number of hydrogen-bond acceptors (Lipinski definition) is 2. The van der Waals surface area contributed by atoms with Crippen molar-refractivity contribution in [3.8, 4) is 0 Å². The number of carbonyl (C=O) groups is 1. The van der Waals surface area contributed by atoms with Gasteiger partial charge in [0.05, 0.1) is 12.5 Å². The van der Waals surface area contributed by atoms with Gasteiger partial charge >= 0.3 is 0 Å². The van der Waals surface area contributed by atoms with E-state index in [0.29, 0.717) is 11.5 Å². The first-order valence-electron chi connectivity index (χ1n) is 8.84. The molecular weight excluding hydrogens is 293 g/mol. The van der Waals surface area contributed by atoms with Crippen molar-refractivity contribution in [2.24, 2.45) is 23.7 Å².